The first-order valence-electron chi connectivity index (χ1n) is 5.77. The number of carbonyl (C=O) groups is 1. The van der Waals surface area contributed by atoms with Crippen LogP contribution in [0.3, 0.4) is 0 Å². The van der Waals surface area contributed by atoms with Crippen molar-refractivity contribution < 1.29 is 9.90 Å². The van der Waals surface area contributed by atoms with Crippen LogP contribution < -0.4 is 5.73 Å². The highest BCUT2D eigenvalue weighted by Gasteiger charge is 2.15. The molecule has 0 radical (unpaired) electrons. The smallest absolute Gasteiger partial charge is 0.277 e. The van der Waals surface area contributed by atoms with E-state index in [1.807, 2.05) is 13.8 Å². The van der Waals surface area contributed by atoms with Crippen molar-refractivity contribution in [1.29, 1.82) is 0 Å². The molecule has 1 heterocycles. The third-order valence-electron chi connectivity index (χ3n) is 2.65. The van der Waals surface area contributed by atoms with Gasteiger partial charge in [-0.05, 0) is 39.0 Å². The van der Waals surface area contributed by atoms with E-state index in [1.165, 1.54) is 11.3 Å². The number of amides is 1. The summed E-state index contributed by atoms with van der Waals surface area (Å²) in [6.45, 7) is 5.73. The van der Waals surface area contributed by atoms with Crippen molar-refractivity contribution in [3.63, 3.8) is 0 Å². The van der Waals surface area contributed by atoms with E-state index in [4.69, 9.17) is 5.73 Å². The van der Waals surface area contributed by atoms with E-state index in [1.54, 1.807) is 6.20 Å². The highest BCUT2D eigenvalue weighted by Crippen LogP contribution is 2.27. The maximum absolute atomic E-state index is 10.9. The molecule has 1 aromatic rings. The van der Waals surface area contributed by atoms with Crippen LogP contribution in [0.25, 0.3) is 0 Å². The molecule has 5 heteroatoms. The van der Waals surface area contributed by atoms with Gasteiger partial charge in [0.25, 0.3) is 5.91 Å². The predicted molar refractivity (Wildman–Crippen MR) is 69.2 cm³/mol. The molecule has 1 amide bonds. The Balaban J connectivity index is 2.46. The topological polar surface area (TPSA) is 76.2 Å². The Bertz CT molecular complexity index is 382. The van der Waals surface area contributed by atoms with Gasteiger partial charge in [0.2, 0.25) is 0 Å². The summed E-state index contributed by atoms with van der Waals surface area (Å²) in [5.74, 6) is -0.118. The summed E-state index contributed by atoms with van der Waals surface area (Å²) in [7, 11) is 0. The largest absolute Gasteiger partial charge is 0.390 e. The quantitative estimate of drug-likeness (QED) is 0.819. The summed E-state index contributed by atoms with van der Waals surface area (Å²) in [4.78, 5) is 16.0. The fraction of sp³-hybridized carbons (Fsp3) is 0.667. The number of hydrogen-bond acceptors (Lipinski definition) is 4. The lowest BCUT2D eigenvalue weighted by Gasteiger charge is -2.17. The van der Waals surface area contributed by atoms with E-state index >= 15 is 0 Å². The molecule has 1 atom stereocenters. The molecule has 0 aliphatic rings. The SMILES string of the molecule is CC(CCCC(C)(C)O)c1cnc(C(N)=O)s1. The minimum Gasteiger partial charge on any atom is -0.390 e. The number of aliphatic hydroxyl groups is 1. The summed E-state index contributed by atoms with van der Waals surface area (Å²) in [6.07, 6.45) is 4.43. The lowest BCUT2D eigenvalue weighted by atomic mass is 9.96. The van der Waals surface area contributed by atoms with Crippen molar-refractivity contribution in [2.75, 3.05) is 0 Å². The number of hydrogen-bond donors (Lipinski definition) is 2. The van der Waals surface area contributed by atoms with Gasteiger partial charge in [0, 0.05) is 11.1 Å². The van der Waals surface area contributed by atoms with Gasteiger partial charge in [-0.2, -0.15) is 0 Å². The van der Waals surface area contributed by atoms with Crippen LogP contribution in [0.2, 0.25) is 0 Å². The Kier molecular flexibility index (Phi) is 4.65. The van der Waals surface area contributed by atoms with Gasteiger partial charge in [-0.3, -0.25) is 4.79 Å². The summed E-state index contributed by atoms with van der Waals surface area (Å²) in [6, 6.07) is 0. The molecule has 0 bridgehead atoms. The van der Waals surface area contributed by atoms with E-state index in [-0.39, 0.29) is 0 Å². The van der Waals surface area contributed by atoms with Gasteiger partial charge in [-0.1, -0.05) is 6.92 Å². The van der Waals surface area contributed by atoms with Gasteiger partial charge in [0.05, 0.1) is 5.60 Å². The van der Waals surface area contributed by atoms with Gasteiger partial charge < -0.3 is 10.8 Å². The first kappa shape index (κ1) is 14.1. The molecular weight excluding hydrogens is 236 g/mol. The average molecular weight is 256 g/mol. The second-order valence-electron chi connectivity index (χ2n) is 5.04. The molecule has 1 unspecified atom stereocenters. The van der Waals surface area contributed by atoms with Crippen molar-refractivity contribution in [1.82, 2.24) is 4.98 Å². The molecule has 3 N–H and O–H groups in total. The van der Waals surface area contributed by atoms with Gasteiger partial charge in [-0.15, -0.1) is 11.3 Å². The molecule has 0 aliphatic heterocycles. The van der Waals surface area contributed by atoms with Crippen molar-refractivity contribution in [2.45, 2.75) is 51.6 Å². The predicted octanol–water partition coefficient (Wildman–Crippen LogP) is 2.29. The fourth-order valence-electron chi connectivity index (χ4n) is 1.61. The molecule has 1 aromatic heterocycles. The Morgan fingerprint density at radius 1 is 1.65 bits per heavy atom. The van der Waals surface area contributed by atoms with E-state index in [0.717, 1.165) is 24.1 Å². The Hall–Kier alpha value is -0.940. The van der Waals surface area contributed by atoms with Gasteiger partial charge >= 0.3 is 0 Å². The van der Waals surface area contributed by atoms with E-state index in [0.29, 0.717) is 10.9 Å². The Morgan fingerprint density at radius 2 is 2.29 bits per heavy atom. The molecule has 96 valence electrons. The number of primary amides is 1. The first-order valence-corrected chi connectivity index (χ1v) is 6.59. The van der Waals surface area contributed by atoms with Crippen molar-refractivity contribution >= 4 is 17.2 Å². The summed E-state index contributed by atoms with van der Waals surface area (Å²) in [5, 5.41) is 9.98. The Labute approximate surface area is 106 Å². The molecule has 0 aliphatic carbocycles. The van der Waals surface area contributed by atoms with E-state index in [2.05, 4.69) is 11.9 Å². The molecule has 1 rings (SSSR count). The number of thiazole rings is 1. The van der Waals surface area contributed by atoms with Crippen molar-refractivity contribution in [3.05, 3.63) is 16.1 Å². The van der Waals surface area contributed by atoms with Crippen LogP contribution in [0.4, 0.5) is 0 Å². The number of carbonyl (C=O) groups excluding carboxylic acids is 1. The number of nitrogens with zero attached hydrogens (tertiary/aromatic N) is 1. The number of aromatic nitrogens is 1. The second kappa shape index (κ2) is 5.60. The van der Waals surface area contributed by atoms with E-state index in [9.17, 15) is 9.90 Å². The molecular formula is C12H20N2O2S. The average Bonchev–Trinajstić information content (AvgIpc) is 2.63. The van der Waals surface area contributed by atoms with Crippen LogP contribution in [0.5, 0.6) is 0 Å². The van der Waals surface area contributed by atoms with Crippen molar-refractivity contribution in [2.24, 2.45) is 5.73 Å². The zero-order chi connectivity index (χ0) is 13.1. The lowest BCUT2D eigenvalue weighted by Crippen LogP contribution is -2.18. The molecule has 4 nitrogen and oxygen atoms in total. The number of rotatable bonds is 6. The van der Waals surface area contributed by atoms with Crippen LogP contribution in [0.15, 0.2) is 6.20 Å². The molecule has 0 saturated carbocycles. The minimum atomic E-state index is -0.605. The zero-order valence-electron chi connectivity index (χ0n) is 10.6. The summed E-state index contributed by atoms with van der Waals surface area (Å²) < 4.78 is 0. The van der Waals surface area contributed by atoms with Crippen LogP contribution in [-0.2, 0) is 0 Å². The standard InChI is InChI=1S/C12H20N2O2S/c1-8(5-4-6-12(2,3)16)9-7-14-11(17-9)10(13)15/h7-8,16H,4-6H2,1-3H3,(H2,13,15). The minimum absolute atomic E-state index is 0.350. The summed E-state index contributed by atoms with van der Waals surface area (Å²) >= 11 is 1.36. The first-order chi connectivity index (χ1) is 7.79. The maximum Gasteiger partial charge on any atom is 0.277 e. The normalized spacial score (nSPS) is 13.6. The highest BCUT2D eigenvalue weighted by molar-refractivity contribution is 7.13. The summed E-state index contributed by atoms with van der Waals surface area (Å²) in [5.41, 5.74) is 4.56. The van der Waals surface area contributed by atoms with E-state index < -0.39 is 11.5 Å². The third kappa shape index (κ3) is 4.83. The molecule has 0 aromatic carbocycles. The second-order valence-corrected chi connectivity index (χ2v) is 6.10. The van der Waals surface area contributed by atoms with Gasteiger partial charge in [0.15, 0.2) is 5.01 Å². The highest BCUT2D eigenvalue weighted by atomic mass is 32.1. The lowest BCUT2D eigenvalue weighted by molar-refractivity contribution is 0.0678. The van der Waals surface area contributed by atoms with Crippen LogP contribution in [0.1, 0.15) is 60.6 Å². The fourth-order valence-corrected chi connectivity index (χ4v) is 2.47. The van der Waals surface area contributed by atoms with Crippen LogP contribution in [-0.4, -0.2) is 21.6 Å². The molecule has 17 heavy (non-hydrogen) atoms. The molecule has 0 saturated heterocycles. The maximum atomic E-state index is 10.9. The number of nitrogens with two attached hydrogens (primary N) is 1. The third-order valence-corrected chi connectivity index (χ3v) is 3.89. The monoisotopic (exact) mass is 256 g/mol. The zero-order valence-corrected chi connectivity index (χ0v) is 11.4. The van der Waals surface area contributed by atoms with Gasteiger partial charge in [-0.25, -0.2) is 4.98 Å². The van der Waals surface area contributed by atoms with Crippen LogP contribution in [0, 0.1) is 0 Å². The Morgan fingerprint density at radius 3 is 2.76 bits per heavy atom. The molecule has 0 spiro atoms. The van der Waals surface area contributed by atoms with Crippen molar-refractivity contribution in [3.8, 4) is 0 Å². The van der Waals surface area contributed by atoms with Gasteiger partial charge in [0.1, 0.15) is 0 Å². The van der Waals surface area contributed by atoms with Crippen LogP contribution >= 0.6 is 11.3 Å². The molecule has 0 fully saturated rings.